The maximum Gasteiger partial charge on any atom is 0.0794 e. The standard InChI is InChI=1S/C13H22N2S/c1-3-6-15-13(10(2)11-4-5-11)7-12-8-14-9-16-12/h8-11,13,15H,3-7H2,1-2H3. The Balaban J connectivity index is 1.90. The van der Waals surface area contributed by atoms with Crippen LogP contribution in [0.3, 0.4) is 0 Å². The van der Waals surface area contributed by atoms with Crippen LogP contribution in [0.15, 0.2) is 11.7 Å². The second-order valence-electron chi connectivity index (χ2n) is 4.93. The van der Waals surface area contributed by atoms with E-state index in [1.54, 1.807) is 11.3 Å². The van der Waals surface area contributed by atoms with Crippen LogP contribution in [0.25, 0.3) is 0 Å². The van der Waals surface area contributed by atoms with Gasteiger partial charge in [-0.25, -0.2) is 0 Å². The van der Waals surface area contributed by atoms with Gasteiger partial charge in [-0.2, -0.15) is 0 Å². The predicted octanol–water partition coefficient (Wildman–Crippen LogP) is 3.10. The van der Waals surface area contributed by atoms with E-state index in [9.17, 15) is 0 Å². The van der Waals surface area contributed by atoms with Gasteiger partial charge >= 0.3 is 0 Å². The minimum absolute atomic E-state index is 0.646. The average molecular weight is 238 g/mol. The SMILES string of the molecule is CCCNC(Cc1cncs1)C(C)C1CC1. The highest BCUT2D eigenvalue weighted by atomic mass is 32.1. The highest BCUT2D eigenvalue weighted by Gasteiger charge is 2.33. The Kier molecular flexibility index (Phi) is 4.36. The van der Waals surface area contributed by atoms with E-state index in [2.05, 4.69) is 24.1 Å². The van der Waals surface area contributed by atoms with E-state index in [0.717, 1.165) is 24.8 Å². The Morgan fingerprint density at radius 3 is 2.94 bits per heavy atom. The Morgan fingerprint density at radius 1 is 1.56 bits per heavy atom. The van der Waals surface area contributed by atoms with Crippen molar-refractivity contribution in [3.63, 3.8) is 0 Å². The van der Waals surface area contributed by atoms with Crippen LogP contribution >= 0.6 is 11.3 Å². The number of hydrogen-bond donors (Lipinski definition) is 1. The van der Waals surface area contributed by atoms with Crippen molar-refractivity contribution in [2.45, 2.75) is 45.6 Å². The fraction of sp³-hybridized carbons (Fsp3) is 0.769. The lowest BCUT2D eigenvalue weighted by Crippen LogP contribution is -2.38. The van der Waals surface area contributed by atoms with Gasteiger partial charge in [0.2, 0.25) is 0 Å². The summed E-state index contributed by atoms with van der Waals surface area (Å²) in [7, 11) is 0. The molecule has 1 aliphatic carbocycles. The van der Waals surface area contributed by atoms with Crippen molar-refractivity contribution in [1.82, 2.24) is 10.3 Å². The summed E-state index contributed by atoms with van der Waals surface area (Å²) in [5, 5.41) is 3.71. The van der Waals surface area contributed by atoms with Gasteiger partial charge < -0.3 is 5.32 Å². The minimum Gasteiger partial charge on any atom is -0.313 e. The molecule has 1 aliphatic rings. The van der Waals surface area contributed by atoms with E-state index in [-0.39, 0.29) is 0 Å². The molecule has 2 nitrogen and oxygen atoms in total. The second-order valence-corrected chi connectivity index (χ2v) is 5.90. The summed E-state index contributed by atoms with van der Waals surface area (Å²) in [6, 6.07) is 0.646. The Labute approximate surface area is 102 Å². The highest BCUT2D eigenvalue weighted by molar-refractivity contribution is 7.09. The van der Waals surface area contributed by atoms with Gasteiger partial charge in [0, 0.05) is 17.1 Å². The van der Waals surface area contributed by atoms with Gasteiger partial charge in [0.05, 0.1) is 5.51 Å². The number of nitrogens with zero attached hydrogens (tertiary/aromatic N) is 1. The molecule has 0 spiro atoms. The molecule has 0 aromatic carbocycles. The fourth-order valence-corrected chi connectivity index (χ4v) is 2.94. The molecule has 1 saturated carbocycles. The summed E-state index contributed by atoms with van der Waals surface area (Å²) >= 11 is 1.78. The Hall–Kier alpha value is -0.410. The molecule has 90 valence electrons. The number of rotatable bonds is 7. The van der Waals surface area contributed by atoms with Crippen LogP contribution in [-0.2, 0) is 6.42 Å². The first-order valence-corrected chi connectivity index (χ1v) is 7.30. The van der Waals surface area contributed by atoms with Crippen LogP contribution in [0.5, 0.6) is 0 Å². The molecule has 16 heavy (non-hydrogen) atoms. The zero-order chi connectivity index (χ0) is 11.4. The Bertz CT molecular complexity index is 293. The third-order valence-corrected chi connectivity index (χ3v) is 4.36. The molecular formula is C13H22N2S. The number of nitrogens with one attached hydrogen (secondary N) is 1. The van der Waals surface area contributed by atoms with E-state index in [4.69, 9.17) is 0 Å². The lowest BCUT2D eigenvalue weighted by atomic mass is 9.93. The van der Waals surface area contributed by atoms with E-state index >= 15 is 0 Å². The number of hydrogen-bond acceptors (Lipinski definition) is 3. The van der Waals surface area contributed by atoms with Crippen molar-refractivity contribution < 1.29 is 0 Å². The monoisotopic (exact) mass is 238 g/mol. The van der Waals surface area contributed by atoms with E-state index in [1.165, 1.54) is 24.1 Å². The molecule has 1 fully saturated rings. The lowest BCUT2D eigenvalue weighted by Gasteiger charge is -2.24. The zero-order valence-electron chi connectivity index (χ0n) is 10.3. The number of thiazole rings is 1. The third kappa shape index (κ3) is 3.29. The summed E-state index contributed by atoms with van der Waals surface area (Å²) in [5.74, 6) is 1.79. The quantitative estimate of drug-likeness (QED) is 0.789. The predicted molar refractivity (Wildman–Crippen MR) is 69.8 cm³/mol. The lowest BCUT2D eigenvalue weighted by molar-refractivity contribution is 0.341. The first-order chi connectivity index (χ1) is 7.81. The maximum absolute atomic E-state index is 4.17. The Morgan fingerprint density at radius 2 is 2.38 bits per heavy atom. The summed E-state index contributed by atoms with van der Waals surface area (Å²) in [6.07, 6.45) is 7.27. The fourth-order valence-electron chi connectivity index (χ4n) is 2.28. The molecular weight excluding hydrogens is 216 g/mol. The summed E-state index contributed by atoms with van der Waals surface area (Å²) in [4.78, 5) is 5.58. The molecule has 0 aliphatic heterocycles. The van der Waals surface area contributed by atoms with Gasteiger partial charge in [-0.1, -0.05) is 13.8 Å². The maximum atomic E-state index is 4.17. The molecule has 1 aromatic rings. The van der Waals surface area contributed by atoms with Crippen LogP contribution < -0.4 is 5.32 Å². The van der Waals surface area contributed by atoms with Gasteiger partial charge in [0.1, 0.15) is 0 Å². The van der Waals surface area contributed by atoms with Gasteiger partial charge in [-0.15, -0.1) is 11.3 Å². The molecule has 1 aromatic heterocycles. The second kappa shape index (κ2) is 5.78. The minimum atomic E-state index is 0.646. The molecule has 2 rings (SSSR count). The van der Waals surface area contributed by atoms with E-state index in [0.29, 0.717) is 6.04 Å². The largest absolute Gasteiger partial charge is 0.313 e. The molecule has 2 atom stereocenters. The molecule has 2 unspecified atom stereocenters. The molecule has 0 bridgehead atoms. The molecule has 0 saturated heterocycles. The zero-order valence-corrected chi connectivity index (χ0v) is 11.1. The van der Waals surface area contributed by atoms with Crippen LogP contribution in [-0.4, -0.2) is 17.6 Å². The van der Waals surface area contributed by atoms with Crippen molar-refractivity contribution in [3.8, 4) is 0 Å². The first-order valence-electron chi connectivity index (χ1n) is 6.42. The van der Waals surface area contributed by atoms with Crippen molar-refractivity contribution in [1.29, 1.82) is 0 Å². The van der Waals surface area contributed by atoms with Gasteiger partial charge in [-0.05, 0) is 44.1 Å². The van der Waals surface area contributed by atoms with Crippen LogP contribution in [0.2, 0.25) is 0 Å². The van der Waals surface area contributed by atoms with Crippen molar-refractivity contribution in [2.75, 3.05) is 6.54 Å². The third-order valence-electron chi connectivity index (χ3n) is 3.56. The van der Waals surface area contributed by atoms with Crippen molar-refractivity contribution >= 4 is 11.3 Å². The van der Waals surface area contributed by atoms with Gasteiger partial charge in [-0.3, -0.25) is 4.98 Å². The molecule has 3 heteroatoms. The molecule has 0 amide bonds. The molecule has 1 heterocycles. The summed E-state index contributed by atoms with van der Waals surface area (Å²) in [6.45, 7) is 5.78. The van der Waals surface area contributed by atoms with Crippen molar-refractivity contribution in [2.24, 2.45) is 11.8 Å². The van der Waals surface area contributed by atoms with Gasteiger partial charge in [0.15, 0.2) is 0 Å². The first kappa shape index (κ1) is 12.1. The summed E-state index contributed by atoms with van der Waals surface area (Å²) in [5.41, 5.74) is 1.94. The van der Waals surface area contributed by atoms with Crippen LogP contribution in [0.1, 0.15) is 38.0 Å². The van der Waals surface area contributed by atoms with E-state index in [1.807, 2.05) is 11.7 Å². The number of aromatic nitrogens is 1. The van der Waals surface area contributed by atoms with Crippen molar-refractivity contribution in [3.05, 3.63) is 16.6 Å². The van der Waals surface area contributed by atoms with E-state index < -0.39 is 0 Å². The topological polar surface area (TPSA) is 24.9 Å². The van der Waals surface area contributed by atoms with Gasteiger partial charge in [0.25, 0.3) is 0 Å². The summed E-state index contributed by atoms with van der Waals surface area (Å²) < 4.78 is 0. The average Bonchev–Trinajstić information content (AvgIpc) is 3.02. The van der Waals surface area contributed by atoms with Crippen LogP contribution in [0.4, 0.5) is 0 Å². The highest BCUT2D eigenvalue weighted by Crippen LogP contribution is 2.39. The smallest absolute Gasteiger partial charge is 0.0794 e. The van der Waals surface area contributed by atoms with Crippen LogP contribution in [0, 0.1) is 11.8 Å². The normalized spacial score (nSPS) is 19.6. The molecule has 0 radical (unpaired) electrons. The molecule has 1 N–H and O–H groups in total.